The van der Waals surface area contributed by atoms with Crippen LogP contribution >= 0.6 is 11.6 Å². The largest absolute Gasteiger partial charge is 0.442 e. The van der Waals surface area contributed by atoms with E-state index < -0.39 is 57.6 Å². The molecule has 3 N–H and O–H groups in total. The third-order valence-electron chi connectivity index (χ3n) is 7.71. The summed E-state index contributed by atoms with van der Waals surface area (Å²) in [5.74, 6) is -3.68. The highest BCUT2D eigenvalue weighted by molar-refractivity contribution is 7.90. The molecule has 0 aliphatic carbocycles. The van der Waals surface area contributed by atoms with Crippen LogP contribution in [-0.4, -0.2) is 72.4 Å². The smallest absolute Gasteiger partial charge is 0.265 e. The van der Waals surface area contributed by atoms with Gasteiger partial charge in [0.1, 0.15) is 18.3 Å². The first kappa shape index (κ1) is 35.3. The Hall–Kier alpha value is -4.56. The van der Waals surface area contributed by atoms with E-state index >= 15 is 0 Å². The van der Waals surface area contributed by atoms with Crippen LogP contribution in [0.5, 0.6) is 0 Å². The van der Waals surface area contributed by atoms with Gasteiger partial charge in [-0.25, -0.2) is 18.1 Å². The number of sulfonamides is 1. The lowest BCUT2D eigenvalue weighted by atomic mass is 9.98. The molecule has 3 aromatic rings. The minimum absolute atomic E-state index is 0.0116. The zero-order chi connectivity index (χ0) is 34.5. The van der Waals surface area contributed by atoms with E-state index in [0.717, 1.165) is 0 Å². The van der Waals surface area contributed by atoms with E-state index in [9.17, 15) is 32.4 Å². The number of rotatable bonds is 12. The Morgan fingerprint density at radius 1 is 0.872 bits per heavy atom. The molecule has 250 valence electrons. The van der Waals surface area contributed by atoms with E-state index in [0.29, 0.717) is 24.4 Å². The molecule has 1 saturated heterocycles. The molecule has 2 heterocycles. The number of hydrogen-bond donors (Lipinski definition) is 3. The van der Waals surface area contributed by atoms with Crippen molar-refractivity contribution in [3.8, 4) is 0 Å². The first-order valence-corrected chi connectivity index (χ1v) is 16.8. The number of hydrogen-bond acceptors (Lipinski definition) is 9. The van der Waals surface area contributed by atoms with Crippen molar-refractivity contribution in [1.82, 2.24) is 25.2 Å². The van der Waals surface area contributed by atoms with Crippen LogP contribution in [0, 0.1) is 11.8 Å². The molecule has 1 fully saturated rings. The van der Waals surface area contributed by atoms with Gasteiger partial charge in [-0.1, -0.05) is 39.3 Å². The second kappa shape index (κ2) is 14.9. The molecular weight excluding hydrogens is 650 g/mol. The summed E-state index contributed by atoms with van der Waals surface area (Å²) < 4.78 is 32.2. The fourth-order valence-corrected chi connectivity index (χ4v) is 6.21. The van der Waals surface area contributed by atoms with Gasteiger partial charge in [0, 0.05) is 22.7 Å². The van der Waals surface area contributed by atoms with Crippen LogP contribution in [0.4, 0.5) is 0 Å². The van der Waals surface area contributed by atoms with Gasteiger partial charge in [-0.15, -0.1) is 0 Å². The predicted molar refractivity (Wildman–Crippen MR) is 171 cm³/mol. The highest BCUT2D eigenvalue weighted by Crippen LogP contribution is 2.22. The zero-order valence-corrected chi connectivity index (χ0v) is 27.8. The van der Waals surface area contributed by atoms with Crippen molar-refractivity contribution in [3.05, 3.63) is 83.0 Å². The summed E-state index contributed by atoms with van der Waals surface area (Å²) >= 11 is 5.80. The number of Topliss-reactive ketones (excluding diaryl/α,β-unsaturated/α-hetero) is 1. The van der Waals surface area contributed by atoms with E-state index in [-0.39, 0.29) is 33.7 Å². The van der Waals surface area contributed by atoms with E-state index in [1.54, 1.807) is 27.7 Å². The van der Waals surface area contributed by atoms with E-state index in [1.165, 1.54) is 65.9 Å². The first-order valence-electron chi connectivity index (χ1n) is 15.0. The highest BCUT2D eigenvalue weighted by atomic mass is 35.5. The molecule has 47 heavy (non-hydrogen) atoms. The van der Waals surface area contributed by atoms with Crippen LogP contribution in [-0.2, 0) is 19.6 Å². The number of likely N-dealkylation sites (tertiary alicyclic amines) is 1. The minimum atomic E-state index is -4.16. The quantitative estimate of drug-likeness (QED) is 0.241. The molecule has 0 radical (unpaired) electrons. The molecule has 1 aliphatic heterocycles. The fraction of sp³-hybridized carbons (Fsp3) is 0.375. The Morgan fingerprint density at radius 2 is 1.47 bits per heavy atom. The van der Waals surface area contributed by atoms with Crippen molar-refractivity contribution in [1.29, 1.82) is 0 Å². The maximum atomic E-state index is 13.7. The topological polar surface area (TPSA) is 185 Å². The third kappa shape index (κ3) is 8.43. The number of ketones is 1. The van der Waals surface area contributed by atoms with Crippen molar-refractivity contribution in [2.45, 2.75) is 63.6 Å². The molecule has 0 saturated carbocycles. The Labute approximate surface area is 277 Å². The number of amides is 4. The van der Waals surface area contributed by atoms with E-state index in [4.69, 9.17) is 16.0 Å². The predicted octanol–water partition coefficient (Wildman–Crippen LogP) is 3.22. The van der Waals surface area contributed by atoms with Gasteiger partial charge < -0.3 is 20.0 Å². The maximum absolute atomic E-state index is 13.7. The molecule has 13 nitrogen and oxygen atoms in total. The van der Waals surface area contributed by atoms with Gasteiger partial charge in [0.15, 0.2) is 0 Å². The van der Waals surface area contributed by atoms with Crippen LogP contribution < -0.4 is 15.4 Å². The summed E-state index contributed by atoms with van der Waals surface area (Å²) in [5.41, 5.74) is 0.114. The maximum Gasteiger partial charge on any atom is 0.265 e. The number of carbonyl (C=O) groups is 5. The first-order chi connectivity index (χ1) is 22.2. The molecule has 4 amide bonds. The Morgan fingerprint density at radius 3 is 2.02 bits per heavy atom. The average molecular weight is 686 g/mol. The van der Waals surface area contributed by atoms with Gasteiger partial charge in [-0.2, -0.15) is 0 Å². The lowest BCUT2D eigenvalue weighted by Crippen LogP contribution is -2.57. The molecule has 3 atom stereocenters. The van der Waals surface area contributed by atoms with E-state index in [2.05, 4.69) is 15.6 Å². The van der Waals surface area contributed by atoms with Gasteiger partial charge >= 0.3 is 0 Å². The molecule has 0 bridgehead atoms. The average Bonchev–Trinajstić information content (AvgIpc) is 3.75. The molecular formula is C32H36ClN5O8S. The molecule has 2 aromatic carbocycles. The van der Waals surface area contributed by atoms with Gasteiger partial charge in [0.05, 0.1) is 17.1 Å². The number of nitrogens with zero attached hydrogens (tertiary/aromatic N) is 2. The van der Waals surface area contributed by atoms with Crippen molar-refractivity contribution in [2.75, 3.05) is 6.54 Å². The van der Waals surface area contributed by atoms with Crippen molar-refractivity contribution in [3.63, 3.8) is 0 Å². The van der Waals surface area contributed by atoms with Gasteiger partial charge in [-0.05, 0) is 73.2 Å². The second-order valence-electron chi connectivity index (χ2n) is 11.8. The molecule has 1 aliphatic rings. The van der Waals surface area contributed by atoms with Gasteiger partial charge in [0.2, 0.25) is 17.6 Å². The van der Waals surface area contributed by atoms with Crippen LogP contribution in [0.1, 0.15) is 71.9 Å². The summed E-state index contributed by atoms with van der Waals surface area (Å²) in [6, 6.07) is 7.80. The monoisotopic (exact) mass is 685 g/mol. The zero-order valence-electron chi connectivity index (χ0n) is 26.2. The highest BCUT2D eigenvalue weighted by Gasteiger charge is 2.40. The lowest BCUT2D eigenvalue weighted by Gasteiger charge is -2.31. The summed E-state index contributed by atoms with van der Waals surface area (Å²) in [4.78, 5) is 71.0. The summed E-state index contributed by atoms with van der Waals surface area (Å²) in [6.45, 7) is 7.35. The van der Waals surface area contributed by atoms with Crippen molar-refractivity contribution in [2.24, 2.45) is 11.8 Å². The Bertz CT molecular complexity index is 1730. The number of oxazole rings is 1. The SMILES string of the molecule is CC(C)[C@H](NC(=O)[C@@H]1CCCN1C(=O)[C@@H](NC(=O)c1ccc(C(=O)NS(=O)(=O)c2ccc(Cl)cc2)cc1)C(C)C)C(=O)c1ncco1. The third-order valence-corrected chi connectivity index (χ3v) is 9.31. The van der Waals surface area contributed by atoms with Crippen molar-refractivity contribution < 1.29 is 36.8 Å². The Kier molecular flexibility index (Phi) is 11.2. The molecule has 0 unspecified atom stereocenters. The number of benzene rings is 2. The number of carbonyl (C=O) groups excluding carboxylic acids is 5. The van der Waals surface area contributed by atoms with Crippen molar-refractivity contribution >= 4 is 51.0 Å². The second-order valence-corrected chi connectivity index (χ2v) is 13.9. The number of nitrogens with one attached hydrogen (secondary N) is 3. The molecule has 4 rings (SSSR count). The van der Waals surface area contributed by atoms with Crippen LogP contribution in [0.2, 0.25) is 5.02 Å². The summed E-state index contributed by atoms with van der Waals surface area (Å²) in [6.07, 6.45) is 3.55. The summed E-state index contributed by atoms with van der Waals surface area (Å²) in [5, 5.41) is 5.83. The number of halogens is 1. The Balaban J connectivity index is 1.41. The molecule has 15 heteroatoms. The normalized spacial score (nSPS) is 16.1. The molecule has 0 spiro atoms. The van der Waals surface area contributed by atoms with Crippen LogP contribution in [0.25, 0.3) is 0 Å². The van der Waals surface area contributed by atoms with Crippen LogP contribution in [0.3, 0.4) is 0 Å². The lowest BCUT2D eigenvalue weighted by molar-refractivity contribution is -0.140. The van der Waals surface area contributed by atoms with E-state index in [1.807, 2.05) is 4.72 Å². The summed E-state index contributed by atoms with van der Waals surface area (Å²) in [7, 11) is -4.16. The van der Waals surface area contributed by atoms with Crippen LogP contribution in [0.15, 0.2) is 70.3 Å². The fourth-order valence-electron chi connectivity index (χ4n) is 5.11. The molecule has 1 aromatic heterocycles. The number of aromatic nitrogens is 1. The van der Waals surface area contributed by atoms with Gasteiger partial charge in [-0.3, -0.25) is 24.0 Å². The standard InChI is InChI=1S/C32H36ClN5O8S/c1-18(2)25(27(39)31-34-15-17-46-31)35-30(42)24-6-5-16-38(24)32(43)26(19(3)4)36-28(40)20-7-9-21(10-8-20)29(41)37-47(44,45)23-13-11-22(33)12-14-23/h7-15,17-19,24-26H,5-6,16H2,1-4H3,(H,35,42)(H,36,40)(H,37,41)/t24-,25-,26-/m0/s1. The minimum Gasteiger partial charge on any atom is -0.442 e. The van der Waals surface area contributed by atoms with Gasteiger partial charge in [0.25, 0.3) is 27.7 Å².